The van der Waals surface area contributed by atoms with Crippen LogP contribution in [0.1, 0.15) is 70.8 Å². The molecule has 6 nitrogen and oxygen atoms in total. The van der Waals surface area contributed by atoms with Crippen LogP contribution in [0.2, 0.25) is 0 Å². The van der Waals surface area contributed by atoms with Crippen molar-refractivity contribution < 1.29 is 14.4 Å². The van der Waals surface area contributed by atoms with Gasteiger partial charge in [-0.05, 0) is 31.2 Å². The van der Waals surface area contributed by atoms with E-state index >= 15 is 0 Å². The lowest BCUT2D eigenvalue weighted by molar-refractivity contribution is -0.146. The number of nitrogens with zero attached hydrogens (tertiary/aromatic N) is 1. The molecule has 164 valence electrons. The number of rotatable bonds is 4. The van der Waals surface area contributed by atoms with E-state index in [2.05, 4.69) is 10.6 Å². The van der Waals surface area contributed by atoms with E-state index < -0.39 is 17.0 Å². The molecule has 0 unspecified atom stereocenters. The van der Waals surface area contributed by atoms with Gasteiger partial charge in [0.15, 0.2) is 0 Å². The van der Waals surface area contributed by atoms with E-state index in [1.165, 1.54) is 0 Å². The van der Waals surface area contributed by atoms with E-state index in [-0.39, 0.29) is 23.6 Å². The van der Waals surface area contributed by atoms with E-state index in [9.17, 15) is 14.4 Å². The van der Waals surface area contributed by atoms with Crippen molar-refractivity contribution in [2.75, 3.05) is 13.6 Å². The molecule has 1 aliphatic heterocycles. The fraction of sp³-hybridized carbons (Fsp3) is 0.625. The molecule has 0 radical (unpaired) electrons. The SMILES string of the molecule is CNC(=O)[C@@]1(NC(=O)[C@@H]2CCCN2C(=O)C(C)(C)C)CCCC[C@H]1c1ccccc1. The minimum Gasteiger partial charge on any atom is -0.357 e. The first-order valence-electron chi connectivity index (χ1n) is 11.1. The highest BCUT2D eigenvalue weighted by atomic mass is 16.2. The molecule has 0 bridgehead atoms. The van der Waals surface area contributed by atoms with Crippen molar-refractivity contribution in [2.45, 2.75) is 76.8 Å². The molecule has 1 heterocycles. The van der Waals surface area contributed by atoms with Gasteiger partial charge < -0.3 is 15.5 Å². The van der Waals surface area contributed by atoms with Crippen molar-refractivity contribution in [3.05, 3.63) is 35.9 Å². The molecule has 1 saturated carbocycles. The zero-order chi connectivity index (χ0) is 21.9. The Kier molecular flexibility index (Phi) is 6.53. The van der Waals surface area contributed by atoms with Crippen LogP contribution < -0.4 is 10.6 Å². The smallest absolute Gasteiger partial charge is 0.246 e. The number of nitrogens with one attached hydrogen (secondary N) is 2. The van der Waals surface area contributed by atoms with Crippen molar-refractivity contribution in [2.24, 2.45) is 5.41 Å². The summed E-state index contributed by atoms with van der Waals surface area (Å²) in [6, 6.07) is 9.45. The zero-order valence-electron chi connectivity index (χ0n) is 18.7. The number of carbonyl (C=O) groups excluding carboxylic acids is 3. The molecule has 2 fully saturated rings. The van der Waals surface area contributed by atoms with Crippen molar-refractivity contribution in [1.82, 2.24) is 15.5 Å². The Morgan fingerprint density at radius 1 is 1.03 bits per heavy atom. The molecule has 2 aliphatic rings. The number of likely N-dealkylation sites (tertiary alicyclic amines) is 1. The van der Waals surface area contributed by atoms with Gasteiger partial charge in [0.05, 0.1) is 0 Å². The van der Waals surface area contributed by atoms with Crippen LogP contribution in [0.3, 0.4) is 0 Å². The molecule has 1 saturated heterocycles. The summed E-state index contributed by atoms with van der Waals surface area (Å²) in [7, 11) is 1.62. The molecule has 3 rings (SSSR count). The van der Waals surface area contributed by atoms with Crippen LogP contribution in [0.5, 0.6) is 0 Å². The van der Waals surface area contributed by atoms with Gasteiger partial charge in [-0.1, -0.05) is 63.9 Å². The van der Waals surface area contributed by atoms with Gasteiger partial charge >= 0.3 is 0 Å². The highest BCUT2D eigenvalue weighted by molar-refractivity contribution is 5.96. The summed E-state index contributed by atoms with van der Waals surface area (Å²) in [5.74, 6) is -0.477. The third-order valence-corrected chi connectivity index (χ3v) is 6.55. The van der Waals surface area contributed by atoms with Gasteiger partial charge in [-0.15, -0.1) is 0 Å². The second-order valence-electron chi connectivity index (χ2n) is 9.66. The van der Waals surface area contributed by atoms with Crippen LogP contribution in [0.25, 0.3) is 0 Å². The number of amides is 3. The van der Waals surface area contributed by atoms with Crippen LogP contribution in [0.4, 0.5) is 0 Å². The van der Waals surface area contributed by atoms with Gasteiger partial charge in [-0.3, -0.25) is 14.4 Å². The first-order valence-corrected chi connectivity index (χ1v) is 11.1. The Balaban J connectivity index is 1.91. The van der Waals surface area contributed by atoms with Crippen molar-refractivity contribution in [3.63, 3.8) is 0 Å². The van der Waals surface area contributed by atoms with Crippen LogP contribution >= 0.6 is 0 Å². The lowest BCUT2D eigenvalue weighted by Gasteiger charge is -2.44. The molecule has 3 amide bonds. The fourth-order valence-electron chi connectivity index (χ4n) is 5.03. The minimum atomic E-state index is -0.996. The highest BCUT2D eigenvalue weighted by Gasteiger charge is 2.50. The number of likely N-dealkylation sites (N-methyl/N-ethyl adjacent to an activating group) is 1. The fourth-order valence-corrected chi connectivity index (χ4v) is 5.03. The molecule has 0 aromatic heterocycles. The maximum atomic E-state index is 13.5. The summed E-state index contributed by atoms with van der Waals surface area (Å²) in [4.78, 5) is 41.3. The molecule has 1 aliphatic carbocycles. The van der Waals surface area contributed by atoms with E-state index in [0.717, 1.165) is 31.2 Å². The number of hydrogen-bond acceptors (Lipinski definition) is 3. The molecule has 30 heavy (non-hydrogen) atoms. The van der Waals surface area contributed by atoms with Crippen molar-refractivity contribution in [3.8, 4) is 0 Å². The Morgan fingerprint density at radius 3 is 2.37 bits per heavy atom. The summed E-state index contributed by atoms with van der Waals surface area (Å²) in [6.07, 6.45) is 4.77. The van der Waals surface area contributed by atoms with Gasteiger partial charge in [0, 0.05) is 24.9 Å². The Hall–Kier alpha value is -2.37. The van der Waals surface area contributed by atoms with Gasteiger partial charge in [-0.2, -0.15) is 0 Å². The number of hydrogen-bond donors (Lipinski definition) is 2. The molecular weight excluding hydrogens is 378 g/mol. The molecule has 1 aromatic rings. The standard InChI is InChI=1S/C24H35N3O3/c1-23(2,3)22(30)27-16-10-14-19(27)20(28)26-24(21(29)25-4)15-9-8-13-18(24)17-11-6-5-7-12-17/h5-7,11-12,18-19H,8-10,13-16H2,1-4H3,(H,25,29)(H,26,28)/t18-,19-,24+/m0/s1. The monoisotopic (exact) mass is 413 g/mol. The third kappa shape index (κ3) is 4.23. The van der Waals surface area contributed by atoms with E-state index in [1.54, 1.807) is 11.9 Å². The zero-order valence-corrected chi connectivity index (χ0v) is 18.7. The summed E-state index contributed by atoms with van der Waals surface area (Å²) in [5, 5.41) is 5.96. The molecule has 2 N–H and O–H groups in total. The second kappa shape index (κ2) is 8.78. The largest absolute Gasteiger partial charge is 0.357 e. The average Bonchev–Trinajstić information content (AvgIpc) is 3.22. The molecule has 3 atom stereocenters. The quantitative estimate of drug-likeness (QED) is 0.797. The number of carbonyl (C=O) groups is 3. The molecule has 1 aromatic carbocycles. The lowest BCUT2D eigenvalue weighted by atomic mass is 9.68. The minimum absolute atomic E-state index is 0.0163. The van der Waals surface area contributed by atoms with Crippen LogP contribution in [0, 0.1) is 5.41 Å². The Morgan fingerprint density at radius 2 is 1.73 bits per heavy atom. The third-order valence-electron chi connectivity index (χ3n) is 6.55. The summed E-state index contributed by atoms with van der Waals surface area (Å²) < 4.78 is 0. The predicted octanol–water partition coefficient (Wildman–Crippen LogP) is 2.98. The Labute approximate surface area is 179 Å². The van der Waals surface area contributed by atoms with Crippen molar-refractivity contribution in [1.29, 1.82) is 0 Å². The van der Waals surface area contributed by atoms with Crippen LogP contribution in [0.15, 0.2) is 30.3 Å². The topological polar surface area (TPSA) is 78.5 Å². The van der Waals surface area contributed by atoms with Crippen LogP contribution in [-0.4, -0.2) is 47.8 Å². The van der Waals surface area contributed by atoms with Gasteiger partial charge in [-0.25, -0.2) is 0 Å². The summed E-state index contributed by atoms with van der Waals surface area (Å²) in [6.45, 7) is 6.22. The molecular formula is C24H35N3O3. The average molecular weight is 414 g/mol. The number of benzene rings is 1. The van der Waals surface area contributed by atoms with Crippen LogP contribution in [-0.2, 0) is 14.4 Å². The summed E-state index contributed by atoms with van der Waals surface area (Å²) in [5.41, 5.74) is -0.474. The van der Waals surface area contributed by atoms with E-state index in [0.29, 0.717) is 19.4 Å². The Bertz CT molecular complexity index is 787. The van der Waals surface area contributed by atoms with Gasteiger partial charge in [0.25, 0.3) is 0 Å². The van der Waals surface area contributed by atoms with E-state index in [4.69, 9.17) is 0 Å². The van der Waals surface area contributed by atoms with Crippen molar-refractivity contribution >= 4 is 17.7 Å². The molecule has 0 spiro atoms. The normalized spacial score (nSPS) is 26.9. The molecule has 6 heteroatoms. The van der Waals surface area contributed by atoms with E-state index in [1.807, 2.05) is 51.1 Å². The maximum absolute atomic E-state index is 13.5. The van der Waals surface area contributed by atoms with Gasteiger partial charge in [0.1, 0.15) is 11.6 Å². The maximum Gasteiger partial charge on any atom is 0.246 e. The lowest BCUT2D eigenvalue weighted by Crippen LogP contribution is -2.65. The van der Waals surface area contributed by atoms with Gasteiger partial charge in [0.2, 0.25) is 17.7 Å². The highest BCUT2D eigenvalue weighted by Crippen LogP contribution is 2.41. The first kappa shape index (κ1) is 22.3. The summed E-state index contributed by atoms with van der Waals surface area (Å²) >= 11 is 0. The first-order chi connectivity index (χ1) is 14.2. The predicted molar refractivity (Wildman–Crippen MR) is 117 cm³/mol. The second-order valence-corrected chi connectivity index (χ2v) is 9.66.